The molecular formula is C12H18FNO2S. The highest BCUT2D eigenvalue weighted by Gasteiger charge is 2.18. The molecule has 0 fully saturated rings. The van der Waals surface area contributed by atoms with Crippen LogP contribution in [-0.2, 0) is 15.5 Å². The van der Waals surface area contributed by atoms with Crippen molar-refractivity contribution in [1.29, 1.82) is 0 Å². The average molecular weight is 259 g/mol. The lowest BCUT2D eigenvalue weighted by Gasteiger charge is -2.22. The van der Waals surface area contributed by atoms with Crippen molar-refractivity contribution in [3.05, 3.63) is 24.0 Å². The van der Waals surface area contributed by atoms with E-state index in [2.05, 4.69) is 0 Å². The molecule has 0 saturated heterocycles. The van der Waals surface area contributed by atoms with E-state index < -0.39 is 16.6 Å². The number of nitrogens with two attached hydrogens (primary N) is 1. The van der Waals surface area contributed by atoms with Gasteiger partial charge in [-0.25, -0.2) is 4.39 Å². The molecule has 0 aliphatic heterocycles. The summed E-state index contributed by atoms with van der Waals surface area (Å²) in [5, 5.41) is 0. The summed E-state index contributed by atoms with van der Waals surface area (Å²) in [5.41, 5.74) is 5.47. The molecule has 1 unspecified atom stereocenters. The monoisotopic (exact) mass is 259 g/mol. The van der Waals surface area contributed by atoms with Gasteiger partial charge in [0.2, 0.25) is 0 Å². The number of nitrogen functional groups attached to an aromatic ring is 1. The Kier molecular flexibility index (Phi) is 4.65. The number of hydrogen-bond acceptors (Lipinski definition) is 3. The van der Waals surface area contributed by atoms with Crippen LogP contribution in [-0.4, -0.2) is 22.7 Å². The molecule has 0 aliphatic rings. The van der Waals surface area contributed by atoms with E-state index in [0.717, 1.165) is 0 Å². The minimum atomic E-state index is -1.25. The van der Waals surface area contributed by atoms with Crippen LogP contribution in [0.3, 0.4) is 0 Å². The van der Waals surface area contributed by atoms with E-state index in [0.29, 0.717) is 22.8 Å². The van der Waals surface area contributed by atoms with Gasteiger partial charge < -0.3 is 10.5 Å². The Morgan fingerprint density at radius 2 is 2.06 bits per heavy atom. The number of halogens is 1. The van der Waals surface area contributed by atoms with Crippen LogP contribution in [0.1, 0.15) is 20.3 Å². The maximum absolute atomic E-state index is 13.1. The van der Waals surface area contributed by atoms with Crippen molar-refractivity contribution in [3.63, 3.8) is 0 Å². The number of methoxy groups -OCH3 is 1. The van der Waals surface area contributed by atoms with Crippen molar-refractivity contribution in [3.8, 4) is 0 Å². The third kappa shape index (κ3) is 4.44. The Balaban J connectivity index is 2.70. The standard InChI is InChI=1S/C12H18FNO2S/c1-12(2,16-3)4-5-17(15)11-7-9(13)6-10(14)8-11/h6-8H,4-5,14H2,1-3H3. The van der Waals surface area contributed by atoms with Crippen molar-refractivity contribution in [1.82, 2.24) is 0 Å². The predicted molar refractivity (Wildman–Crippen MR) is 67.8 cm³/mol. The maximum Gasteiger partial charge on any atom is 0.126 e. The molecule has 0 aromatic heterocycles. The number of ether oxygens (including phenoxy) is 1. The molecule has 1 aromatic carbocycles. The lowest BCUT2D eigenvalue weighted by Crippen LogP contribution is -2.24. The molecular weight excluding hydrogens is 241 g/mol. The molecule has 0 saturated carbocycles. The van der Waals surface area contributed by atoms with Gasteiger partial charge in [-0.1, -0.05) is 0 Å². The number of rotatable bonds is 5. The van der Waals surface area contributed by atoms with Gasteiger partial charge in [0, 0.05) is 23.4 Å². The molecule has 0 amide bonds. The van der Waals surface area contributed by atoms with Gasteiger partial charge >= 0.3 is 0 Å². The molecule has 96 valence electrons. The van der Waals surface area contributed by atoms with Crippen molar-refractivity contribution >= 4 is 16.5 Å². The lowest BCUT2D eigenvalue weighted by atomic mass is 10.1. The Morgan fingerprint density at radius 1 is 1.41 bits per heavy atom. The van der Waals surface area contributed by atoms with Crippen molar-refractivity contribution in [2.45, 2.75) is 30.8 Å². The fourth-order valence-electron chi connectivity index (χ4n) is 1.27. The molecule has 17 heavy (non-hydrogen) atoms. The Morgan fingerprint density at radius 3 is 2.59 bits per heavy atom. The van der Waals surface area contributed by atoms with Crippen LogP contribution in [0.2, 0.25) is 0 Å². The first kappa shape index (κ1) is 14.1. The Bertz CT molecular complexity index is 401. The molecule has 0 heterocycles. The van der Waals surface area contributed by atoms with Crippen molar-refractivity contribution in [2.24, 2.45) is 0 Å². The number of benzene rings is 1. The molecule has 0 bridgehead atoms. The molecule has 5 heteroatoms. The molecule has 0 spiro atoms. The highest BCUT2D eigenvalue weighted by molar-refractivity contribution is 7.85. The Hall–Kier alpha value is -0.940. The van der Waals surface area contributed by atoms with Crippen LogP contribution in [0.4, 0.5) is 10.1 Å². The second-order valence-electron chi connectivity index (χ2n) is 4.48. The molecule has 1 atom stereocenters. The van der Waals surface area contributed by atoms with Crippen LogP contribution in [0.15, 0.2) is 23.1 Å². The second kappa shape index (κ2) is 5.60. The van der Waals surface area contributed by atoms with Crippen LogP contribution in [0, 0.1) is 5.82 Å². The minimum absolute atomic E-state index is 0.291. The van der Waals surface area contributed by atoms with Gasteiger partial charge in [0.15, 0.2) is 0 Å². The summed E-state index contributed by atoms with van der Waals surface area (Å²) in [7, 11) is 0.362. The lowest BCUT2D eigenvalue weighted by molar-refractivity contribution is 0.0205. The average Bonchev–Trinajstić information content (AvgIpc) is 2.24. The zero-order valence-electron chi connectivity index (χ0n) is 10.3. The van der Waals surface area contributed by atoms with E-state index in [1.807, 2.05) is 13.8 Å². The summed E-state index contributed by atoms with van der Waals surface area (Å²) >= 11 is 0. The first-order chi connectivity index (χ1) is 7.84. The van der Waals surface area contributed by atoms with Crippen LogP contribution < -0.4 is 5.73 Å². The molecule has 0 aliphatic carbocycles. The smallest absolute Gasteiger partial charge is 0.126 e. The van der Waals surface area contributed by atoms with E-state index in [1.165, 1.54) is 12.1 Å². The Labute approximate surface area is 104 Å². The van der Waals surface area contributed by atoms with Crippen molar-refractivity contribution in [2.75, 3.05) is 18.6 Å². The maximum atomic E-state index is 13.1. The van der Waals surface area contributed by atoms with E-state index in [9.17, 15) is 8.60 Å². The fraction of sp³-hybridized carbons (Fsp3) is 0.500. The zero-order valence-corrected chi connectivity index (χ0v) is 11.1. The van der Waals surface area contributed by atoms with E-state index in [1.54, 1.807) is 13.2 Å². The highest BCUT2D eigenvalue weighted by Crippen LogP contribution is 2.18. The van der Waals surface area contributed by atoms with Gasteiger partial charge in [0.05, 0.1) is 16.4 Å². The summed E-state index contributed by atoms with van der Waals surface area (Å²) in [4.78, 5) is 0.425. The quantitative estimate of drug-likeness (QED) is 0.826. The summed E-state index contributed by atoms with van der Waals surface area (Å²) in [5.74, 6) is -0.0386. The molecule has 1 rings (SSSR count). The summed E-state index contributed by atoms with van der Waals surface area (Å²) in [6.45, 7) is 3.84. The number of hydrogen-bond donors (Lipinski definition) is 1. The third-order valence-electron chi connectivity index (χ3n) is 2.60. The molecule has 3 nitrogen and oxygen atoms in total. The fourth-order valence-corrected chi connectivity index (χ4v) is 2.70. The van der Waals surface area contributed by atoms with E-state index >= 15 is 0 Å². The van der Waals surface area contributed by atoms with Gasteiger partial charge in [-0.05, 0) is 38.5 Å². The van der Waals surface area contributed by atoms with Gasteiger partial charge in [-0.15, -0.1) is 0 Å². The van der Waals surface area contributed by atoms with E-state index in [4.69, 9.17) is 10.5 Å². The largest absolute Gasteiger partial charge is 0.399 e. The van der Waals surface area contributed by atoms with Crippen LogP contribution in [0.25, 0.3) is 0 Å². The molecule has 2 N–H and O–H groups in total. The summed E-state index contributed by atoms with van der Waals surface area (Å²) in [6, 6.07) is 4.01. The van der Waals surface area contributed by atoms with Gasteiger partial charge in [0.1, 0.15) is 5.82 Å². The zero-order chi connectivity index (χ0) is 13.1. The van der Waals surface area contributed by atoms with Crippen LogP contribution in [0.5, 0.6) is 0 Å². The topological polar surface area (TPSA) is 52.3 Å². The normalized spacial score (nSPS) is 13.6. The van der Waals surface area contributed by atoms with Crippen LogP contribution >= 0.6 is 0 Å². The van der Waals surface area contributed by atoms with Crippen molar-refractivity contribution < 1.29 is 13.3 Å². The number of anilines is 1. The minimum Gasteiger partial charge on any atom is -0.399 e. The summed E-state index contributed by atoms with van der Waals surface area (Å²) < 4.78 is 30.3. The predicted octanol–water partition coefficient (Wildman–Crippen LogP) is 2.33. The van der Waals surface area contributed by atoms with Gasteiger partial charge in [0.25, 0.3) is 0 Å². The SMILES string of the molecule is COC(C)(C)CCS(=O)c1cc(N)cc(F)c1. The molecule has 0 radical (unpaired) electrons. The molecule has 1 aromatic rings. The third-order valence-corrected chi connectivity index (χ3v) is 3.94. The first-order valence-corrected chi connectivity index (χ1v) is 6.65. The summed E-state index contributed by atoms with van der Waals surface area (Å²) in [6.07, 6.45) is 0.631. The first-order valence-electron chi connectivity index (χ1n) is 5.34. The van der Waals surface area contributed by atoms with Gasteiger partial charge in [-0.3, -0.25) is 4.21 Å². The van der Waals surface area contributed by atoms with Gasteiger partial charge in [-0.2, -0.15) is 0 Å². The highest BCUT2D eigenvalue weighted by atomic mass is 32.2. The van der Waals surface area contributed by atoms with E-state index in [-0.39, 0.29) is 5.60 Å². The second-order valence-corrected chi connectivity index (χ2v) is 6.05.